The van der Waals surface area contributed by atoms with E-state index < -0.39 is 0 Å². The summed E-state index contributed by atoms with van der Waals surface area (Å²) in [5, 5.41) is 5.53. The average molecular weight is 266 g/mol. The third-order valence-electron chi connectivity index (χ3n) is 3.51. The molecule has 0 bridgehead atoms. The van der Waals surface area contributed by atoms with Gasteiger partial charge in [-0.25, -0.2) is 9.67 Å². The van der Waals surface area contributed by atoms with E-state index in [4.69, 9.17) is 4.98 Å². The van der Waals surface area contributed by atoms with Crippen LogP contribution in [0.25, 0.3) is 22.2 Å². The van der Waals surface area contributed by atoms with Crippen molar-refractivity contribution in [2.75, 3.05) is 0 Å². The number of fused-ring (bicyclic) bond motifs is 1. The number of aromatic nitrogens is 4. The smallest absolute Gasteiger partial charge is 0.158 e. The largest absolute Gasteiger partial charge is 0.264 e. The highest BCUT2D eigenvalue weighted by molar-refractivity contribution is 5.92. The van der Waals surface area contributed by atoms with Gasteiger partial charge in [0, 0.05) is 35.6 Å². The van der Waals surface area contributed by atoms with Crippen LogP contribution < -0.4 is 0 Å². The minimum absolute atomic E-state index is 0.829. The van der Waals surface area contributed by atoms with Crippen LogP contribution in [0.3, 0.4) is 0 Å². The van der Waals surface area contributed by atoms with Gasteiger partial charge in [0.1, 0.15) is 0 Å². The minimum atomic E-state index is 0.829. The third kappa shape index (κ3) is 2.07. The molecule has 0 aliphatic rings. The lowest BCUT2D eigenvalue weighted by atomic mass is 10.0. The molecule has 0 radical (unpaired) electrons. The summed E-state index contributed by atoms with van der Waals surface area (Å²) in [6, 6.07) is 4.31. The third-order valence-corrected chi connectivity index (χ3v) is 3.51. The van der Waals surface area contributed by atoms with E-state index in [1.54, 1.807) is 0 Å². The summed E-state index contributed by atoms with van der Waals surface area (Å²) in [6.07, 6.45) is 6.60. The molecule has 3 aromatic rings. The molecule has 0 aliphatic carbocycles. The Morgan fingerprint density at radius 2 is 1.95 bits per heavy atom. The lowest BCUT2D eigenvalue weighted by molar-refractivity contribution is 0.675. The zero-order valence-corrected chi connectivity index (χ0v) is 12.1. The monoisotopic (exact) mass is 266 g/mol. The van der Waals surface area contributed by atoms with Crippen LogP contribution in [0.5, 0.6) is 0 Å². The Bertz CT molecular complexity index is 758. The van der Waals surface area contributed by atoms with Crippen LogP contribution >= 0.6 is 0 Å². The fourth-order valence-corrected chi connectivity index (χ4v) is 2.45. The predicted octanol–water partition coefficient (Wildman–Crippen LogP) is 3.38. The van der Waals surface area contributed by atoms with Gasteiger partial charge in [-0.05, 0) is 43.5 Å². The van der Waals surface area contributed by atoms with E-state index in [1.165, 1.54) is 5.56 Å². The molecule has 0 fully saturated rings. The van der Waals surface area contributed by atoms with Crippen molar-refractivity contribution >= 4 is 11.0 Å². The first kappa shape index (κ1) is 12.8. The topological polar surface area (TPSA) is 43.6 Å². The van der Waals surface area contributed by atoms with Crippen molar-refractivity contribution in [3.05, 3.63) is 42.0 Å². The number of pyridine rings is 2. The van der Waals surface area contributed by atoms with Crippen LogP contribution in [-0.2, 0) is 13.0 Å². The molecule has 0 spiro atoms. The Labute approximate surface area is 118 Å². The molecule has 0 saturated heterocycles. The Kier molecular flexibility index (Phi) is 3.22. The molecule has 3 aromatic heterocycles. The highest BCUT2D eigenvalue weighted by Gasteiger charge is 2.12. The zero-order valence-electron chi connectivity index (χ0n) is 12.1. The Morgan fingerprint density at radius 3 is 2.65 bits per heavy atom. The first-order valence-electron chi connectivity index (χ1n) is 7.00. The van der Waals surface area contributed by atoms with Crippen molar-refractivity contribution in [2.45, 2.75) is 33.7 Å². The van der Waals surface area contributed by atoms with Gasteiger partial charge in [-0.15, -0.1) is 0 Å². The molecule has 0 atom stereocenters. The molecule has 4 nitrogen and oxygen atoms in total. The molecular formula is C16H18N4. The first-order chi connectivity index (χ1) is 9.72. The maximum absolute atomic E-state index is 4.71. The molecular weight excluding hydrogens is 248 g/mol. The van der Waals surface area contributed by atoms with Gasteiger partial charge < -0.3 is 0 Å². The molecule has 102 valence electrons. The van der Waals surface area contributed by atoms with Crippen molar-refractivity contribution in [1.29, 1.82) is 0 Å². The molecule has 3 rings (SSSR count). The van der Waals surface area contributed by atoms with Crippen LogP contribution in [0.1, 0.15) is 25.1 Å². The maximum atomic E-state index is 4.71. The standard InChI is InChI=1S/C16H18N4/c1-4-13-7-14(12-6-11(3)8-17-9-12)15-10-18-20(5-2)16(15)19-13/h6-10H,4-5H2,1-3H3. The summed E-state index contributed by atoms with van der Waals surface area (Å²) >= 11 is 0. The van der Waals surface area contributed by atoms with Crippen LogP contribution in [-0.4, -0.2) is 19.7 Å². The summed E-state index contributed by atoms with van der Waals surface area (Å²) in [6.45, 7) is 7.10. The predicted molar refractivity (Wildman–Crippen MR) is 80.5 cm³/mol. The van der Waals surface area contributed by atoms with Gasteiger partial charge in [0.25, 0.3) is 0 Å². The van der Waals surface area contributed by atoms with Crippen LogP contribution in [0.4, 0.5) is 0 Å². The Balaban J connectivity index is 2.31. The molecule has 0 saturated carbocycles. The average Bonchev–Trinajstić information content (AvgIpc) is 2.89. The summed E-state index contributed by atoms with van der Waals surface area (Å²) in [7, 11) is 0. The molecule has 0 amide bonds. The van der Waals surface area contributed by atoms with Gasteiger partial charge in [0.15, 0.2) is 5.65 Å². The lowest BCUT2D eigenvalue weighted by Crippen LogP contribution is -1.99. The quantitative estimate of drug-likeness (QED) is 0.730. The van der Waals surface area contributed by atoms with E-state index in [0.717, 1.165) is 40.8 Å². The van der Waals surface area contributed by atoms with Crippen LogP contribution in [0, 0.1) is 6.92 Å². The second-order valence-corrected chi connectivity index (χ2v) is 4.96. The second kappa shape index (κ2) is 5.04. The molecule has 0 N–H and O–H groups in total. The number of hydrogen-bond donors (Lipinski definition) is 0. The summed E-state index contributed by atoms with van der Waals surface area (Å²) < 4.78 is 1.95. The van der Waals surface area contributed by atoms with E-state index in [0.29, 0.717) is 0 Å². The van der Waals surface area contributed by atoms with E-state index >= 15 is 0 Å². The number of hydrogen-bond acceptors (Lipinski definition) is 3. The fraction of sp³-hybridized carbons (Fsp3) is 0.312. The van der Waals surface area contributed by atoms with Gasteiger partial charge in [-0.2, -0.15) is 5.10 Å². The van der Waals surface area contributed by atoms with Crippen molar-refractivity contribution in [3.63, 3.8) is 0 Å². The van der Waals surface area contributed by atoms with Crippen molar-refractivity contribution < 1.29 is 0 Å². The lowest BCUT2D eigenvalue weighted by Gasteiger charge is -2.07. The summed E-state index contributed by atoms with van der Waals surface area (Å²) in [5.74, 6) is 0. The fourth-order valence-electron chi connectivity index (χ4n) is 2.45. The van der Waals surface area contributed by atoms with E-state index in [1.807, 2.05) is 23.3 Å². The highest BCUT2D eigenvalue weighted by atomic mass is 15.3. The van der Waals surface area contributed by atoms with E-state index in [-0.39, 0.29) is 0 Å². The van der Waals surface area contributed by atoms with Gasteiger partial charge in [0.2, 0.25) is 0 Å². The van der Waals surface area contributed by atoms with Gasteiger partial charge in [0.05, 0.1) is 6.20 Å². The molecule has 0 aromatic carbocycles. The normalized spacial score (nSPS) is 11.2. The molecule has 0 unspecified atom stereocenters. The number of nitrogens with zero attached hydrogens (tertiary/aromatic N) is 4. The first-order valence-corrected chi connectivity index (χ1v) is 7.00. The number of aryl methyl sites for hydroxylation is 3. The molecule has 20 heavy (non-hydrogen) atoms. The van der Waals surface area contributed by atoms with Crippen LogP contribution in [0.2, 0.25) is 0 Å². The Morgan fingerprint density at radius 1 is 1.10 bits per heavy atom. The zero-order chi connectivity index (χ0) is 14.1. The molecule has 4 heteroatoms. The van der Waals surface area contributed by atoms with Crippen molar-refractivity contribution in [2.24, 2.45) is 0 Å². The Hall–Kier alpha value is -2.23. The van der Waals surface area contributed by atoms with Gasteiger partial charge in [-0.1, -0.05) is 6.92 Å². The summed E-state index contributed by atoms with van der Waals surface area (Å²) in [4.78, 5) is 9.02. The summed E-state index contributed by atoms with van der Waals surface area (Å²) in [5.41, 5.74) is 5.51. The highest BCUT2D eigenvalue weighted by Crippen LogP contribution is 2.28. The van der Waals surface area contributed by atoms with E-state index in [2.05, 4.69) is 43.0 Å². The van der Waals surface area contributed by atoms with Crippen molar-refractivity contribution in [3.8, 4) is 11.1 Å². The van der Waals surface area contributed by atoms with Crippen molar-refractivity contribution in [1.82, 2.24) is 19.7 Å². The molecule has 3 heterocycles. The van der Waals surface area contributed by atoms with Gasteiger partial charge in [-0.3, -0.25) is 4.98 Å². The molecule has 0 aliphatic heterocycles. The van der Waals surface area contributed by atoms with Gasteiger partial charge >= 0.3 is 0 Å². The second-order valence-electron chi connectivity index (χ2n) is 4.96. The SMILES string of the molecule is CCc1cc(-c2cncc(C)c2)c2cnn(CC)c2n1. The minimum Gasteiger partial charge on any atom is -0.264 e. The van der Waals surface area contributed by atoms with E-state index in [9.17, 15) is 0 Å². The van der Waals surface area contributed by atoms with Crippen LogP contribution in [0.15, 0.2) is 30.7 Å². The number of rotatable bonds is 3. The maximum Gasteiger partial charge on any atom is 0.158 e.